The van der Waals surface area contributed by atoms with Gasteiger partial charge in [-0.15, -0.1) is 0 Å². The van der Waals surface area contributed by atoms with E-state index in [9.17, 15) is 56.6 Å². The van der Waals surface area contributed by atoms with Gasteiger partial charge in [0.2, 0.25) is 70.9 Å². The van der Waals surface area contributed by atoms with Crippen LogP contribution in [0.25, 0.3) is 0 Å². The highest BCUT2D eigenvalue weighted by molar-refractivity contribution is 6.31. The molecule has 0 aromatic heterocycles. The molecule has 4 N–H and O–H groups in total. The zero-order chi connectivity index (χ0) is 77.8. The van der Waals surface area contributed by atoms with E-state index in [1.54, 1.807) is 32.6 Å². The maximum Gasteiger partial charge on any atom is 0.417 e. The summed E-state index contributed by atoms with van der Waals surface area (Å²) in [6.07, 6.45) is -2.85. The highest BCUT2D eigenvalue weighted by Gasteiger charge is 2.45. The number of rotatable bonds is 19. The molecule has 0 spiro atoms. The Bertz CT molecular complexity index is 3070. The van der Waals surface area contributed by atoms with E-state index in [-0.39, 0.29) is 68.8 Å². The molecule has 12 amide bonds. The SMILES string of the molecule is CC[C@H](C)[C@@H]1NC(=O)[C@H](CC(C)C)N(C)C(=O)C[C@@H](C(=O)N2CCCCC2)N(C)C(=O)[C@H](CC(C)C)N(C)C(=O)C(C)(C)NC(=O)[C@H](COCC(C)(C)O)N(C)C(=O)[C@H](CCc2ccc(C(F)(F)F)c(Cl)c2)NC(=O)CN(C)C(=O)[C@H](COCCC(C)C)N(C)C(=O)CN(C)C(=O)CN(C)C1=O. The predicted molar refractivity (Wildman–Crippen MR) is 377 cm³/mol. The van der Waals surface area contributed by atoms with Crippen LogP contribution < -0.4 is 16.0 Å². The summed E-state index contributed by atoms with van der Waals surface area (Å²) in [6.45, 7) is 17.6. The number of likely N-dealkylation sites (tertiary alicyclic amines) is 1. The number of alkyl halides is 3. The number of piperidine rings is 1. The first-order chi connectivity index (χ1) is 47.2. The number of hydrogen-bond donors (Lipinski definition) is 4. The molecule has 0 aliphatic carbocycles. The van der Waals surface area contributed by atoms with Crippen molar-refractivity contribution >= 4 is 82.5 Å². The van der Waals surface area contributed by atoms with Gasteiger partial charge >= 0.3 is 6.18 Å². The molecule has 27 nitrogen and oxygen atoms in total. The fourth-order valence-corrected chi connectivity index (χ4v) is 12.2. The van der Waals surface area contributed by atoms with Crippen molar-refractivity contribution in [1.29, 1.82) is 0 Å². The summed E-state index contributed by atoms with van der Waals surface area (Å²) in [4.78, 5) is 187. The molecule has 0 bridgehead atoms. The average molecular weight is 1470 g/mol. The molecule has 0 saturated carbocycles. The molecule has 1 aromatic rings. The molecule has 0 unspecified atom stereocenters. The number of carbonyl (C=O) groups excluding carboxylic acids is 12. The fourth-order valence-electron chi connectivity index (χ4n) is 11.9. The first-order valence-corrected chi connectivity index (χ1v) is 35.5. The molecule has 102 heavy (non-hydrogen) atoms. The molecule has 8 atom stereocenters. The van der Waals surface area contributed by atoms with E-state index in [1.165, 1.54) is 89.0 Å². The van der Waals surface area contributed by atoms with Gasteiger partial charge in [-0.2, -0.15) is 13.2 Å². The van der Waals surface area contributed by atoms with Crippen molar-refractivity contribution in [1.82, 2.24) is 60.0 Å². The second-order valence-corrected chi connectivity index (χ2v) is 30.3. The van der Waals surface area contributed by atoms with Gasteiger partial charge < -0.3 is 74.6 Å². The lowest BCUT2D eigenvalue weighted by Gasteiger charge is -2.40. The number of halogens is 4. The maximum absolute atomic E-state index is 15.4. The van der Waals surface area contributed by atoms with Crippen LogP contribution in [-0.4, -0.2) is 289 Å². The second-order valence-electron chi connectivity index (χ2n) is 29.9. The third-order valence-corrected chi connectivity index (χ3v) is 18.9. The Morgan fingerprint density at radius 1 is 0.637 bits per heavy atom. The summed E-state index contributed by atoms with van der Waals surface area (Å²) >= 11 is 6.12. The number of ether oxygens (including phenoxy) is 2. The van der Waals surface area contributed by atoms with Gasteiger partial charge in [0.15, 0.2) is 0 Å². The summed E-state index contributed by atoms with van der Waals surface area (Å²) < 4.78 is 53.4. The largest absolute Gasteiger partial charge is 0.417 e. The van der Waals surface area contributed by atoms with E-state index in [4.69, 9.17) is 21.1 Å². The standard InChI is InChI=1S/C71H116ClF3N12O15/c1-21-46(8)60-67(98)81(15)38-58(90)79(13)39-59(91)83(17)55(41-101-32-29-43(2)3)64(95)80(14)37-56(88)76-50(28-26-47-25-27-48(49(72)35-47)71(73,74)75)63(94)85(19)54(40-102-42-69(9,10)100)62(93)78-70(11,12)68(99)86(20)52(34-45(6)7)65(96)84(18)53(66(97)87-30-23-22-24-31-87)36-57(89)82(16)51(33-44(4)5)61(92)77-60/h25,27,35,43-46,50-55,60,100H,21-24,26,28-34,36-42H2,1-20H3,(H,76,88)(H,77,92)(H,78,93)/t46-,50-,51-,52-,53-,54-,55-,60-/m0/s1. The van der Waals surface area contributed by atoms with E-state index in [1.807, 2.05) is 27.7 Å². The Kier molecular flexibility index (Phi) is 34.6. The molecular weight excluding hydrogens is 1350 g/mol. The lowest BCUT2D eigenvalue weighted by atomic mass is 9.95. The number of nitrogens with zero attached hydrogens (tertiary/aromatic N) is 9. The minimum atomic E-state index is -4.81. The molecule has 2 aliphatic heterocycles. The smallest absolute Gasteiger partial charge is 0.388 e. The van der Waals surface area contributed by atoms with Crippen LogP contribution in [0.3, 0.4) is 0 Å². The summed E-state index contributed by atoms with van der Waals surface area (Å²) in [6, 6.07) is -7.10. The summed E-state index contributed by atoms with van der Waals surface area (Å²) in [5, 5.41) is 18.2. The van der Waals surface area contributed by atoms with Crippen molar-refractivity contribution < 1.29 is 85.3 Å². The van der Waals surface area contributed by atoms with Crippen LogP contribution in [0.1, 0.15) is 152 Å². The van der Waals surface area contributed by atoms with Gasteiger partial charge in [-0.05, 0) is 120 Å². The molecule has 2 fully saturated rings. The number of benzene rings is 1. The van der Waals surface area contributed by atoms with Crippen LogP contribution in [0.4, 0.5) is 13.2 Å². The Morgan fingerprint density at radius 3 is 1.75 bits per heavy atom. The van der Waals surface area contributed by atoms with Crippen LogP contribution in [0.5, 0.6) is 0 Å². The van der Waals surface area contributed by atoms with Gasteiger partial charge in [0.1, 0.15) is 47.8 Å². The van der Waals surface area contributed by atoms with Gasteiger partial charge in [0, 0.05) is 76.1 Å². The van der Waals surface area contributed by atoms with Crippen LogP contribution in [-0.2, 0) is 79.6 Å². The fraction of sp³-hybridized carbons (Fsp3) is 0.746. The first-order valence-electron chi connectivity index (χ1n) is 35.2. The van der Waals surface area contributed by atoms with E-state index in [0.717, 1.165) is 58.9 Å². The maximum atomic E-state index is 15.4. The van der Waals surface area contributed by atoms with E-state index in [2.05, 4.69) is 16.0 Å². The molecule has 2 saturated heterocycles. The van der Waals surface area contributed by atoms with Gasteiger partial charge in [0.25, 0.3) is 0 Å². The molecular formula is C71H116ClF3N12O15. The van der Waals surface area contributed by atoms with Crippen LogP contribution >= 0.6 is 11.6 Å². The number of carbonyl (C=O) groups is 12. The van der Waals surface area contributed by atoms with Crippen LogP contribution in [0, 0.1) is 23.7 Å². The minimum Gasteiger partial charge on any atom is -0.388 e. The van der Waals surface area contributed by atoms with Crippen molar-refractivity contribution in [2.24, 2.45) is 23.7 Å². The van der Waals surface area contributed by atoms with Crippen molar-refractivity contribution in [2.75, 3.05) is 116 Å². The molecule has 578 valence electrons. The normalized spacial score (nSPS) is 23.6. The minimum absolute atomic E-state index is 0.00517. The Labute approximate surface area is 605 Å². The number of amides is 12. The first kappa shape index (κ1) is 89.0. The van der Waals surface area contributed by atoms with Gasteiger partial charge in [-0.1, -0.05) is 79.5 Å². The number of aryl methyl sites for hydroxylation is 1. The summed E-state index contributed by atoms with van der Waals surface area (Å²) in [5.74, 6) is -10.3. The third kappa shape index (κ3) is 26.5. The van der Waals surface area contributed by atoms with Crippen LogP contribution in [0.15, 0.2) is 18.2 Å². The van der Waals surface area contributed by atoms with E-state index < -0.39 is 180 Å². The number of hydrogen-bond acceptors (Lipinski definition) is 15. The van der Waals surface area contributed by atoms with Crippen molar-refractivity contribution in [2.45, 2.75) is 207 Å². The zero-order valence-electron chi connectivity index (χ0n) is 63.7. The summed E-state index contributed by atoms with van der Waals surface area (Å²) in [7, 11) is 10.5. The molecule has 2 aliphatic rings. The van der Waals surface area contributed by atoms with Crippen molar-refractivity contribution in [3.05, 3.63) is 34.3 Å². The molecule has 1 aromatic carbocycles. The highest BCUT2D eigenvalue weighted by Crippen LogP contribution is 2.35. The quantitative estimate of drug-likeness (QED) is 0.142. The Balaban J connectivity index is 2.37. The highest BCUT2D eigenvalue weighted by atomic mass is 35.5. The zero-order valence-corrected chi connectivity index (χ0v) is 64.5. The Hall–Kier alpha value is -7.18. The Morgan fingerprint density at radius 2 is 1.20 bits per heavy atom. The van der Waals surface area contributed by atoms with Crippen molar-refractivity contribution in [3.63, 3.8) is 0 Å². The van der Waals surface area contributed by atoms with Crippen LogP contribution in [0.2, 0.25) is 5.02 Å². The molecule has 2 heterocycles. The average Bonchev–Trinajstić information content (AvgIpc) is 0.801. The van der Waals surface area contributed by atoms with E-state index in [0.29, 0.717) is 38.8 Å². The van der Waals surface area contributed by atoms with Gasteiger partial charge in [0.05, 0.1) is 62.1 Å². The predicted octanol–water partition coefficient (Wildman–Crippen LogP) is 4.07. The van der Waals surface area contributed by atoms with Gasteiger partial charge in [-0.3, -0.25) is 57.5 Å². The van der Waals surface area contributed by atoms with E-state index >= 15 is 19.2 Å². The number of nitrogens with one attached hydrogen (secondary N) is 3. The molecule has 31 heteroatoms. The topological polar surface area (TPSA) is 309 Å². The monoisotopic (exact) mass is 1470 g/mol. The molecule has 0 radical (unpaired) electrons. The second kappa shape index (κ2) is 39.6. The van der Waals surface area contributed by atoms with Gasteiger partial charge in [-0.25, -0.2) is 0 Å². The lowest BCUT2D eigenvalue weighted by molar-refractivity contribution is -0.155. The van der Waals surface area contributed by atoms with Crippen molar-refractivity contribution in [3.8, 4) is 0 Å². The number of aliphatic hydroxyl groups is 1. The summed E-state index contributed by atoms with van der Waals surface area (Å²) in [5.41, 5.74) is -4.35. The number of likely N-dealkylation sites (N-methyl/N-ethyl adjacent to an activating group) is 8. The third-order valence-electron chi connectivity index (χ3n) is 18.6. The molecule has 3 rings (SSSR count). The lowest BCUT2D eigenvalue weighted by Crippen LogP contribution is -2.64.